The Morgan fingerprint density at radius 1 is 0.973 bits per heavy atom. The van der Waals surface area contributed by atoms with Crippen LogP contribution in [0.2, 0.25) is 0 Å². The van der Waals surface area contributed by atoms with E-state index in [2.05, 4.69) is 9.48 Å². The predicted molar refractivity (Wildman–Crippen MR) is 130 cm³/mol. The van der Waals surface area contributed by atoms with Crippen LogP contribution in [0, 0.1) is 23.3 Å². The molecule has 8 heteroatoms. The van der Waals surface area contributed by atoms with Crippen molar-refractivity contribution < 1.29 is 32.0 Å². The Morgan fingerprint density at radius 2 is 1.68 bits per heavy atom. The number of carboxylic acid groups (broad SMARTS) is 1. The monoisotopic (exact) mass is 508 g/mol. The smallest absolute Gasteiger partial charge is 0.200 e. The summed E-state index contributed by atoms with van der Waals surface area (Å²) in [5.41, 5.74) is 1.52. The minimum Gasteiger partial charge on any atom is -0.545 e. The number of aromatic carboxylic acids is 1. The van der Waals surface area contributed by atoms with Crippen LogP contribution in [0.1, 0.15) is 53.7 Å². The predicted octanol–water partition coefficient (Wildman–Crippen LogP) is 4.26. The molecule has 2 saturated heterocycles. The average Bonchev–Trinajstić information content (AvgIpc) is 2.79. The van der Waals surface area contributed by atoms with Gasteiger partial charge in [0, 0.05) is 53.0 Å². The van der Waals surface area contributed by atoms with E-state index in [-0.39, 0.29) is 5.57 Å². The molecule has 4 aliphatic rings. The van der Waals surface area contributed by atoms with Crippen LogP contribution in [0.3, 0.4) is 0 Å². The van der Waals surface area contributed by atoms with E-state index in [1.807, 2.05) is 38.1 Å². The van der Waals surface area contributed by atoms with E-state index >= 15 is 4.39 Å². The van der Waals surface area contributed by atoms with Gasteiger partial charge in [0.2, 0.25) is 0 Å². The molecule has 0 aromatic heterocycles. The molecule has 2 fully saturated rings. The number of hydrogen-bond acceptors (Lipinski definition) is 3. The third kappa shape index (κ3) is 3.34. The maximum Gasteiger partial charge on any atom is 0.200 e. The molecule has 6 rings (SSSR count). The number of halogens is 4. The number of allylic oxidation sites excluding steroid dienone is 5. The first-order valence-electron chi connectivity index (χ1n) is 12.4. The second kappa shape index (κ2) is 8.16. The number of hydrogen-bond donors (Lipinski definition) is 0. The first kappa shape index (κ1) is 23.7. The maximum atomic E-state index is 15.5. The lowest BCUT2D eigenvalue weighted by atomic mass is 9.64. The summed E-state index contributed by atoms with van der Waals surface area (Å²) in [7, 11) is 0. The SMILES string of the molecule is CC1(C)C2=CC(=[N+]3CCC3)C=CC2=C(c2c(F)c(F)c(F)c(F)c2C(=O)[O-])c2ccc(N3CCC3)cc21. The van der Waals surface area contributed by atoms with Gasteiger partial charge in [0.15, 0.2) is 29.0 Å². The van der Waals surface area contributed by atoms with Crippen LogP contribution in [-0.2, 0) is 5.41 Å². The molecule has 0 radical (unpaired) electrons. The molecule has 2 aliphatic heterocycles. The highest BCUT2D eigenvalue weighted by Crippen LogP contribution is 2.52. The second-order valence-corrected chi connectivity index (χ2v) is 10.4. The van der Waals surface area contributed by atoms with Gasteiger partial charge in [0.25, 0.3) is 0 Å². The molecule has 0 spiro atoms. The summed E-state index contributed by atoms with van der Waals surface area (Å²) in [5.74, 6) is -10.1. The minimum absolute atomic E-state index is 0.00384. The van der Waals surface area contributed by atoms with E-state index in [0.717, 1.165) is 61.6 Å². The fraction of sp³-hybridized carbons (Fsp3) is 0.310. The van der Waals surface area contributed by atoms with Crippen molar-refractivity contribution in [3.63, 3.8) is 0 Å². The van der Waals surface area contributed by atoms with Gasteiger partial charge in [-0.3, -0.25) is 0 Å². The number of carbonyl (C=O) groups is 1. The largest absolute Gasteiger partial charge is 0.545 e. The maximum absolute atomic E-state index is 15.5. The number of nitrogens with zero attached hydrogens (tertiary/aromatic N) is 2. The Hall–Kier alpha value is -3.68. The second-order valence-electron chi connectivity index (χ2n) is 10.4. The van der Waals surface area contributed by atoms with Gasteiger partial charge in [0.1, 0.15) is 13.1 Å². The van der Waals surface area contributed by atoms with Crippen LogP contribution in [0.15, 0.2) is 47.6 Å². The van der Waals surface area contributed by atoms with Crippen LogP contribution in [0.5, 0.6) is 0 Å². The summed E-state index contributed by atoms with van der Waals surface area (Å²) in [4.78, 5) is 14.2. The standard InChI is InChI=1S/C29H24F4N2O2/c1-29(2)19-13-15(34-9-3-10-34)5-7-17(19)21(18-8-6-16(14-20(18)29)35-11-4-12-35)22-23(28(36)37)25(31)27(33)26(32)24(22)30/h5-8,13-14H,3-4,9-12H2,1-2H3. The van der Waals surface area contributed by atoms with Crippen molar-refractivity contribution in [2.45, 2.75) is 32.1 Å². The van der Waals surface area contributed by atoms with Crippen LogP contribution in [-0.4, -0.2) is 42.4 Å². The summed E-state index contributed by atoms with van der Waals surface area (Å²) in [6, 6.07) is 5.53. The molecule has 0 atom stereocenters. The van der Waals surface area contributed by atoms with Crippen LogP contribution >= 0.6 is 0 Å². The third-order valence-corrected chi connectivity index (χ3v) is 8.06. The zero-order valence-corrected chi connectivity index (χ0v) is 20.4. The highest BCUT2D eigenvalue weighted by Gasteiger charge is 2.42. The molecular formula is C29H24F4N2O2. The normalized spacial score (nSPS) is 19.7. The van der Waals surface area contributed by atoms with Gasteiger partial charge >= 0.3 is 0 Å². The Balaban J connectivity index is 1.72. The van der Waals surface area contributed by atoms with E-state index in [1.54, 1.807) is 12.1 Å². The van der Waals surface area contributed by atoms with Crippen LogP contribution in [0.4, 0.5) is 23.2 Å². The molecule has 0 saturated carbocycles. The molecule has 37 heavy (non-hydrogen) atoms. The highest BCUT2D eigenvalue weighted by atomic mass is 19.2. The summed E-state index contributed by atoms with van der Waals surface area (Å²) in [6.45, 7) is 7.60. The van der Waals surface area contributed by atoms with Crippen LogP contribution < -0.4 is 10.0 Å². The zero-order chi connectivity index (χ0) is 26.2. The molecular weight excluding hydrogens is 484 g/mol. The molecule has 4 nitrogen and oxygen atoms in total. The number of rotatable bonds is 3. The van der Waals surface area contributed by atoms with Crippen LogP contribution in [0.25, 0.3) is 5.57 Å². The van der Waals surface area contributed by atoms with Crippen molar-refractivity contribution in [1.29, 1.82) is 0 Å². The lowest BCUT2D eigenvalue weighted by Gasteiger charge is -2.41. The molecule has 2 heterocycles. The van der Waals surface area contributed by atoms with Crippen molar-refractivity contribution in [2.24, 2.45) is 0 Å². The van der Waals surface area contributed by atoms with E-state index in [1.165, 1.54) is 0 Å². The van der Waals surface area contributed by atoms with Gasteiger partial charge in [-0.25, -0.2) is 22.1 Å². The molecule has 2 aromatic carbocycles. The van der Waals surface area contributed by atoms with E-state index in [0.29, 0.717) is 11.1 Å². The summed E-state index contributed by atoms with van der Waals surface area (Å²) in [5, 5.41) is 12.0. The lowest BCUT2D eigenvalue weighted by molar-refractivity contribution is -0.582. The molecule has 0 unspecified atom stereocenters. The van der Waals surface area contributed by atoms with Crippen molar-refractivity contribution in [1.82, 2.24) is 0 Å². The van der Waals surface area contributed by atoms with Gasteiger partial charge in [-0.2, -0.15) is 0 Å². The fourth-order valence-electron chi connectivity index (χ4n) is 5.69. The van der Waals surface area contributed by atoms with Gasteiger partial charge in [-0.15, -0.1) is 0 Å². The van der Waals surface area contributed by atoms with Crippen molar-refractivity contribution in [2.75, 3.05) is 31.1 Å². The van der Waals surface area contributed by atoms with Gasteiger partial charge < -0.3 is 14.8 Å². The molecule has 0 N–H and O–H groups in total. The summed E-state index contributed by atoms with van der Waals surface area (Å²) in [6.07, 6.45) is 7.66. The Kier molecular flexibility index (Phi) is 5.23. The van der Waals surface area contributed by atoms with E-state index in [4.69, 9.17) is 0 Å². The first-order chi connectivity index (χ1) is 17.6. The summed E-state index contributed by atoms with van der Waals surface area (Å²) < 4.78 is 61.2. The van der Waals surface area contributed by atoms with Crippen molar-refractivity contribution in [3.05, 3.63) is 93.1 Å². The fourth-order valence-corrected chi connectivity index (χ4v) is 5.69. The molecule has 0 amide bonds. The zero-order valence-electron chi connectivity index (χ0n) is 20.4. The Bertz CT molecular complexity index is 1520. The number of fused-ring (bicyclic) bond motifs is 2. The molecule has 2 aliphatic carbocycles. The molecule has 0 bridgehead atoms. The number of carboxylic acids is 1. The van der Waals surface area contributed by atoms with E-state index < -0.39 is 45.8 Å². The topological polar surface area (TPSA) is 46.4 Å². The quantitative estimate of drug-likeness (QED) is 0.269. The lowest BCUT2D eigenvalue weighted by Crippen LogP contribution is -2.38. The number of benzene rings is 2. The minimum atomic E-state index is -2.18. The molecule has 190 valence electrons. The summed E-state index contributed by atoms with van der Waals surface area (Å²) >= 11 is 0. The van der Waals surface area contributed by atoms with Gasteiger partial charge in [-0.05, 0) is 46.9 Å². The van der Waals surface area contributed by atoms with Gasteiger partial charge in [0.05, 0.1) is 12.4 Å². The average molecular weight is 509 g/mol. The van der Waals surface area contributed by atoms with Crippen molar-refractivity contribution in [3.8, 4) is 0 Å². The third-order valence-electron chi connectivity index (χ3n) is 8.06. The highest BCUT2D eigenvalue weighted by molar-refractivity contribution is 6.08. The van der Waals surface area contributed by atoms with E-state index in [9.17, 15) is 23.1 Å². The number of anilines is 1. The van der Waals surface area contributed by atoms with Gasteiger partial charge in [-0.1, -0.05) is 19.9 Å². The first-order valence-corrected chi connectivity index (χ1v) is 12.4. The number of carbonyl (C=O) groups excluding carboxylic acids is 1. The Morgan fingerprint density at radius 3 is 2.27 bits per heavy atom. The Labute approximate surface area is 211 Å². The van der Waals surface area contributed by atoms with Crippen molar-refractivity contribution >= 4 is 22.9 Å². The molecule has 2 aromatic rings.